The summed E-state index contributed by atoms with van der Waals surface area (Å²) >= 11 is 6.44. The zero-order chi connectivity index (χ0) is 22.8. The lowest BCUT2D eigenvalue weighted by Gasteiger charge is -2.15. The van der Waals surface area contributed by atoms with Crippen LogP contribution < -0.4 is 5.32 Å². The second kappa shape index (κ2) is 8.88. The van der Waals surface area contributed by atoms with E-state index in [1.807, 2.05) is 97.9 Å². The van der Waals surface area contributed by atoms with E-state index in [1.165, 1.54) is 0 Å². The van der Waals surface area contributed by atoms with Crippen LogP contribution in [0.25, 0.3) is 28.2 Å². The second-order valence-corrected chi connectivity index (χ2v) is 8.19. The van der Waals surface area contributed by atoms with Gasteiger partial charge in [0.25, 0.3) is 5.91 Å². The van der Waals surface area contributed by atoms with E-state index in [2.05, 4.69) is 5.32 Å². The molecule has 2 heterocycles. The van der Waals surface area contributed by atoms with E-state index in [4.69, 9.17) is 21.7 Å². The summed E-state index contributed by atoms with van der Waals surface area (Å²) in [5.41, 5.74) is 5.05. The number of nitrogens with zero attached hydrogens (tertiary/aromatic N) is 3. The van der Waals surface area contributed by atoms with Crippen LogP contribution in [-0.2, 0) is 0 Å². The fourth-order valence-electron chi connectivity index (χ4n) is 3.79. The highest BCUT2D eigenvalue weighted by Gasteiger charge is 2.19. The van der Waals surface area contributed by atoms with Gasteiger partial charge in [0.2, 0.25) is 0 Å². The summed E-state index contributed by atoms with van der Waals surface area (Å²) in [6, 6.07) is 30.6. The average Bonchev–Trinajstić information content (AvgIpc) is 3.29. The van der Waals surface area contributed by atoms with Gasteiger partial charge in [0.05, 0.1) is 17.4 Å². The van der Waals surface area contributed by atoms with Crippen molar-refractivity contribution in [3.63, 3.8) is 0 Å². The zero-order valence-electron chi connectivity index (χ0n) is 17.9. The highest BCUT2D eigenvalue weighted by molar-refractivity contribution is 6.33. The number of carbonyl (C=O) groups is 1. The molecule has 3 aromatic carbocycles. The predicted octanol–water partition coefficient (Wildman–Crippen LogP) is 6.21. The van der Waals surface area contributed by atoms with Crippen LogP contribution in [0.1, 0.15) is 29.0 Å². The molecule has 0 aliphatic carbocycles. The van der Waals surface area contributed by atoms with Crippen LogP contribution in [0, 0.1) is 0 Å². The van der Waals surface area contributed by atoms with Crippen LogP contribution in [0.5, 0.6) is 0 Å². The molecule has 5 nitrogen and oxygen atoms in total. The van der Waals surface area contributed by atoms with Gasteiger partial charge in [-0.1, -0.05) is 90.5 Å². The highest BCUT2D eigenvalue weighted by atomic mass is 35.5. The third-order valence-corrected chi connectivity index (χ3v) is 5.86. The minimum Gasteiger partial charge on any atom is -0.344 e. The molecule has 0 aliphatic heterocycles. The molecule has 0 radical (unpaired) electrons. The monoisotopic (exact) mass is 452 g/mol. The van der Waals surface area contributed by atoms with Crippen LogP contribution in [0.3, 0.4) is 0 Å². The molecule has 2 aromatic heterocycles. The Labute approximate surface area is 196 Å². The van der Waals surface area contributed by atoms with Crippen LogP contribution in [-0.4, -0.2) is 20.5 Å². The van der Waals surface area contributed by atoms with Crippen molar-refractivity contribution in [3.8, 4) is 22.5 Å². The first kappa shape index (κ1) is 20.9. The third-order valence-electron chi connectivity index (χ3n) is 5.53. The Bertz CT molecular complexity index is 1430. The maximum absolute atomic E-state index is 13.4. The van der Waals surface area contributed by atoms with Gasteiger partial charge >= 0.3 is 0 Å². The molecule has 0 saturated carbocycles. The van der Waals surface area contributed by atoms with Gasteiger partial charge in [0, 0.05) is 22.2 Å². The summed E-state index contributed by atoms with van der Waals surface area (Å²) in [6.07, 6.45) is 0. The average molecular weight is 453 g/mol. The number of hydrogen-bond donors (Lipinski definition) is 1. The summed E-state index contributed by atoms with van der Waals surface area (Å²) < 4.78 is 1.59. The maximum atomic E-state index is 13.4. The Hall–Kier alpha value is -3.96. The molecule has 0 saturated heterocycles. The van der Waals surface area contributed by atoms with Gasteiger partial charge in [-0.15, -0.1) is 0 Å². The molecule has 6 heteroatoms. The standard InChI is InChI=1S/C27H21ClN4O/c1-18(19-10-4-2-5-11-19)29-27(33)25-16-24(21-14-8-9-15-22(21)28)30-26-17-23(31-32(25)26)20-12-6-3-7-13-20/h2-18H,1H3,(H,29,33)/t18-/m0/s1. The van der Waals surface area contributed by atoms with Crippen LogP contribution in [0.15, 0.2) is 97.1 Å². The number of aromatic nitrogens is 3. The molecule has 5 aromatic rings. The number of rotatable bonds is 5. The molecule has 0 aliphatic rings. The minimum absolute atomic E-state index is 0.171. The van der Waals surface area contributed by atoms with Crippen LogP contribution in [0.2, 0.25) is 5.02 Å². The summed E-state index contributed by atoms with van der Waals surface area (Å²) in [4.78, 5) is 18.2. The number of amides is 1. The summed E-state index contributed by atoms with van der Waals surface area (Å²) in [5.74, 6) is -0.241. The topological polar surface area (TPSA) is 59.3 Å². The zero-order valence-corrected chi connectivity index (χ0v) is 18.7. The molecule has 1 atom stereocenters. The van der Waals surface area contributed by atoms with Crippen molar-refractivity contribution >= 4 is 23.2 Å². The maximum Gasteiger partial charge on any atom is 0.270 e. The lowest BCUT2D eigenvalue weighted by atomic mass is 10.1. The fourth-order valence-corrected chi connectivity index (χ4v) is 4.02. The quantitative estimate of drug-likeness (QED) is 0.345. The van der Waals surface area contributed by atoms with Crippen molar-refractivity contribution < 1.29 is 4.79 Å². The molecule has 0 bridgehead atoms. The second-order valence-electron chi connectivity index (χ2n) is 7.78. The van der Waals surface area contributed by atoms with Gasteiger partial charge in [-0.3, -0.25) is 4.79 Å². The number of nitrogens with one attached hydrogen (secondary N) is 1. The van der Waals surface area contributed by atoms with Gasteiger partial charge < -0.3 is 5.32 Å². The lowest BCUT2D eigenvalue weighted by Crippen LogP contribution is -2.28. The van der Waals surface area contributed by atoms with E-state index < -0.39 is 0 Å². The van der Waals surface area contributed by atoms with E-state index >= 15 is 0 Å². The number of halogens is 1. The minimum atomic E-state index is -0.241. The van der Waals surface area contributed by atoms with E-state index in [1.54, 1.807) is 10.6 Å². The Morgan fingerprint density at radius 1 is 0.879 bits per heavy atom. The molecule has 0 fully saturated rings. The largest absolute Gasteiger partial charge is 0.344 e. The number of benzene rings is 3. The van der Waals surface area contributed by atoms with E-state index in [0.717, 1.165) is 22.4 Å². The number of fused-ring (bicyclic) bond motifs is 1. The van der Waals surface area contributed by atoms with Crippen molar-refractivity contribution in [2.75, 3.05) is 0 Å². The number of hydrogen-bond acceptors (Lipinski definition) is 3. The Balaban J connectivity index is 1.62. The summed E-state index contributed by atoms with van der Waals surface area (Å²) in [6.45, 7) is 1.96. The summed E-state index contributed by atoms with van der Waals surface area (Å²) in [5, 5.41) is 8.36. The molecule has 1 N–H and O–H groups in total. The molecule has 0 unspecified atom stereocenters. The first-order chi connectivity index (χ1) is 16.1. The lowest BCUT2D eigenvalue weighted by molar-refractivity contribution is 0.0932. The summed E-state index contributed by atoms with van der Waals surface area (Å²) in [7, 11) is 0. The molecule has 33 heavy (non-hydrogen) atoms. The van der Waals surface area contributed by atoms with Crippen molar-refractivity contribution in [3.05, 3.63) is 113 Å². The first-order valence-corrected chi connectivity index (χ1v) is 11.0. The highest BCUT2D eigenvalue weighted by Crippen LogP contribution is 2.29. The van der Waals surface area contributed by atoms with E-state index in [0.29, 0.717) is 22.1 Å². The van der Waals surface area contributed by atoms with Crippen molar-refractivity contribution in [2.45, 2.75) is 13.0 Å². The molecule has 162 valence electrons. The van der Waals surface area contributed by atoms with Gasteiger partial charge in [-0.2, -0.15) is 5.10 Å². The van der Waals surface area contributed by atoms with Crippen molar-refractivity contribution in [2.24, 2.45) is 0 Å². The smallest absolute Gasteiger partial charge is 0.270 e. The molecule has 0 spiro atoms. The third kappa shape index (κ3) is 4.23. The van der Waals surface area contributed by atoms with Gasteiger partial charge in [-0.05, 0) is 24.6 Å². The normalized spacial score (nSPS) is 11.9. The van der Waals surface area contributed by atoms with Crippen molar-refractivity contribution in [1.29, 1.82) is 0 Å². The molecular weight excluding hydrogens is 432 g/mol. The Morgan fingerprint density at radius 3 is 2.27 bits per heavy atom. The van der Waals surface area contributed by atoms with E-state index in [9.17, 15) is 4.79 Å². The molecule has 1 amide bonds. The molecular formula is C27H21ClN4O. The van der Waals surface area contributed by atoms with Gasteiger partial charge in [-0.25, -0.2) is 9.50 Å². The van der Waals surface area contributed by atoms with E-state index in [-0.39, 0.29) is 11.9 Å². The Morgan fingerprint density at radius 2 is 1.55 bits per heavy atom. The predicted molar refractivity (Wildman–Crippen MR) is 131 cm³/mol. The van der Waals surface area contributed by atoms with Crippen LogP contribution in [0.4, 0.5) is 0 Å². The SMILES string of the molecule is C[C@H](NC(=O)c1cc(-c2ccccc2Cl)nc2cc(-c3ccccc3)nn12)c1ccccc1. The first-order valence-electron chi connectivity index (χ1n) is 10.7. The van der Waals surface area contributed by atoms with Gasteiger partial charge in [0.1, 0.15) is 5.69 Å². The number of carbonyl (C=O) groups excluding carboxylic acids is 1. The van der Waals surface area contributed by atoms with Gasteiger partial charge in [0.15, 0.2) is 5.65 Å². The van der Waals surface area contributed by atoms with Crippen LogP contribution >= 0.6 is 11.6 Å². The molecule has 5 rings (SSSR count). The van der Waals surface area contributed by atoms with Crippen molar-refractivity contribution in [1.82, 2.24) is 19.9 Å². The Kier molecular flexibility index (Phi) is 5.63. The fraction of sp³-hybridized carbons (Fsp3) is 0.0741.